The maximum atomic E-state index is 12.6. The van der Waals surface area contributed by atoms with Crippen molar-refractivity contribution in [3.8, 4) is 0 Å². The summed E-state index contributed by atoms with van der Waals surface area (Å²) in [5, 5.41) is 0. The molecule has 3 aliphatic heterocycles. The van der Waals surface area contributed by atoms with Crippen LogP contribution in [0.3, 0.4) is 0 Å². The first-order chi connectivity index (χ1) is 9.69. The molecule has 2 unspecified atom stereocenters. The lowest BCUT2D eigenvalue weighted by atomic mass is 9.75. The van der Waals surface area contributed by atoms with Crippen LogP contribution in [0.25, 0.3) is 0 Å². The highest BCUT2D eigenvalue weighted by molar-refractivity contribution is 6.50. The number of Topliss-reactive ketones (excluding diaryl/α,β-unsaturated/α-hetero) is 1. The lowest BCUT2D eigenvalue weighted by Crippen LogP contribution is -2.42. The number of hydrogen-bond acceptors (Lipinski definition) is 4. The second kappa shape index (κ2) is 5.07. The van der Waals surface area contributed by atoms with E-state index >= 15 is 0 Å². The molecular formula is C16H28BNO3. The number of carbonyl (C=O) groups excluding carboxylic acids is 1. The van der Waals surface area contributed by atoms with E-state index in [9.17, 15) is 4.79 Å². The summed E-state index contributed by atoms with van der Waals surface area (Å²) in [6.45, 7) is 8.14. The van der Waals surface area contributed by atoms with Crippen molar-refractivity contribution in [2.24, 2.45) is 5.92 Å². The Bertz CT molecular complexity index is 407. The number of rotatable bonds is 3. The first kappa shape index (κ1) is 15.5. The Morgan fingerprint density at radius 3 is 2.05 bits per heavy atom. The van der Waals surface area contributed by atoms with Crippen molar-refractivity contribution in [2.45, 2.75) is 83.0 Å². The Balaban J connectivity index is 1.59. The van der Waals surface area contributed by atoms with Crippen molar-refractivity contribution >= 4 is 12.9 Å². The van der Waals surface area contributed by atoms with E-state index in [2.05, 4.69) is 11.9 Å². The van der Waals surface area contributed by atoms with Crippen LogP contribution in [0.15, 0.2) is 0 Å². The van der Waals surface area contributed by atoms with E-state index in [4.69, 9.17) is 9.31 Å². The number of piperidine rings is 1. The monoisotopic (exact) mass is 293 g/mol. The van der Waals surface area contributed by atoms with Gasteiger partial charge in [0.15, 0.2) is 0 Å². The number of fused-ring (bicyclic) bond motifs is 2. The molecule has 2 bridgehead atoms. The third-order valence-corrected chi connectivity index (χ3v) is 6.22. The van der Waals surface area contributed by atoms with Gasteiger partial charge in [0.2, 0.25) is 0 Å². The van der Waals surface area contributed by atoms with Crippen LogP contribution < -0.4 is 0 Å². The molecule has 3 rings (SSSR count). The van der Waals surface area contributed by atoms with Gasteiger partial charge in [-0.25, -0.2) is 0 Å². The molecule has 21 heavy (non-hydrogen) atoms. The quantitative estimate of drug-likeness (QED) is 0.750. The topological polar surface area (TPSA) is 38.8 Å². The van der Waals surface area contributed by atoms with Crippen LogP contribution in [0.5, 0.6) is 0 Å². The van der Waals surface area contributed by atoms with Gasteiger partial charge < -0.3 is 14.2 Å². The third-order valence-electron chi connectivity index (χ3n) is 6.22. The summed E-state index contributed by atoms with van der Waals surface area (Å²) in [6, 6.07) is 1.21. The first-order valence-corrected chi connectivity index (χ1v) is 8.30. The van der Waals surface area contributed by atoms with Gasteiger partial charge in [-0.15, -0.1) is 0 Å². The van der Waals surface area contributed by atoms with Crippen molar-refractivity contribution in [1.29, 1.82) is 0 Å². The van der Waals surface area contributed by atoms with Gasteiger partial charge in [-0.05, 0) is 60.4 Å². The molecule has 3 aliphatic rings. The second-order valence-corrected chi connectivity index (χ2v) is 8.08. The summed E-state index contributed by atoms with van der Waals surface area (Å²) in [6.07, 6.45) is 4.94. The average Bonchev–Trinajstić information content (AvgIpc) is 2.69. The fourth-order valence-corrected chi connectivity index (χ4v) is 4.05. The fraction of sp³-hybridized carbons (Fsp3) is 0.938. The first-order valence-electron chi connectivity index (χ1n) is 8.30. The molecule has 0 N–H and O–H groups in total. The van der Waals surface area contributed by atoms with Crippen LogP contribution in [0, 0.1) is 5.92 Å². The number of hydrogen-bond donors (Lipinski definition) is 0. The van der Waals surface area contributed by atoms with Crippen LogP contribution in [0.4, 0.5) is 0 Å². The summed E-state index contributed by atoms with van der Waals surface area (Å²) >= 11 is 0. The Kier molecular flexibility index (Phi) is 3.74. The van der Waals surface area contributed by atoms with Crippen LogP contribution in [0.1, 0.15) is 53.4 Å². The molecule has 3 fully saturated rings. The lowest BCUT2D eigenvalue weighted by Gasteiger charge is -2.35. The maximum absolute atomic E-state index is 12.6. The molecule has 0 saturated carbocycles. The van der Waals surface area contributed by atoms with Crippen molar-refractivity contribution in [3.63, 3.8) is 0 Å². The Labute approximate surface area is 128 Å². The summed E-state index contributed by atoms with van der Waals surface area (Å²) in [4.78, 5) is 15.1. The Morgan fingerprint density at radius 2 is 1.57 bits per heavy atom. The van der Waals surface area contributed by atoms with E-state index in [1.165, 1.54) is 12.8 Å². The molecule has 3 saturated heterocycles. The Hall–Kier alpha value is -0.385. The smallest absolute Gasteiger partial charge is 0.403 e. The number of ketones is 1. The standard InChI is InChI=1S/C16H28BNO3/c1-15(2)16(3,4)21-17(20-15)10-14(19)11-8-12-6-7-13(9-11)18(12)5/h11-13H,6-10H2,1-5H3. The fourth-order valence-electron chi connectivity index (χ4n) is 4.05. The van der Waals surface area contributed by atoms with Gasteiger partial charge in [-0.2, -0.15) is 0 Å². The van der Waals surface area contributed by atoms with Crippen LogP contribution >= 0.6 is 0 Å². The van der Waals surface area contributed by atoms with Crippen LogP contribution in [0.2, 0.25) is 6.32 Å². The van der Waals surface area contributed by atoms with Crippen molar-refractivity contribution in [1.82, 2.24) is 4.90 Å². The van der Waals surface area contributed by atoms with Gasteiger partial charge >= 0.3 is 7.12 Å². The van der Waals surface area contributed by atoms with Gasteiger partial charge in [-0.1, -0.05) is 0 Å². The van der Waals surface area contributed by atoms with Crippen molar-refractivity contribution in [3.05, 3.63) is 0 Å². The molecule has 5 heteroatoms. The minimum atomic E-state index is -0.375. The van der Waals surface area contributed by atoms with Gasteiger partial charge in [0.1, 0.15) is 5.78 Å². The van der Waals surface area contributed by atoms with Gasteiger partial charge in [-0.3, -0.25) is 4.79 Å². The highest BCUT2D eigenvalue weighted by Gasteiger charge is 2.52. The van der Waals surface area contributed by atoms with E-state index in [-0.39, 0.29) is 24.2 Å². The zero-order chi connectivity index (χ0) is 15.4. The second-order valence-electron chi connectivity index (χ2n) is 8.08. The summed E-state index contributed by atoms with van der Waals surface area (Å²) in [7, 11) is 1.83. The van der Waals surface area contributed by atoms with Crippen molar-refractivity contribution < 1.29 is 14.1 Å². The van der Waals surface area contributed by atoms with E-state index in [0.717, 1.165) is 12.8 Å². The van der Waals surface area contributed by atoms with Gasteiger partial charge in [0.25, 0.3) is 0 Å². The van der Waals surface area contributed by atoms with Gasteiger partial charge in [0, 0.05) is 24.3 Å². The summed E-state index contributed by atoms with van der Waals surface area (Å²) in [5.41, 5.74) is -0.687. The van der Waals surface area contributed by atoms with Crippen LogP contribution in [-0.2, 0) is 14.1 Å². The molecule has 0 aromatic heterocycles. The molecule has 0 amide bonds. The minimum absolute atomic E-state index is 0.206. The molecule has 0 aromatic rings. The average molecular weight is 293 g/mol. The molecule has 0 radical (unpaired) electrons. The number of carbonyl (C=O) groups is 1. The highest BCUT2D eigenvalue weighted by atomic mass is 16.7. The molecule has 4 nitrogen and oxygen atoms in total. The Morgan fingerprint density at radius 1 is 1.10 bits per heavy atom. The molecule has 0 spiro atoms. The van der Waals surface area contributed by atoms with Crippen molar-refractivity contribution in [2.75, 3.05) is 7.05 Å². The predicted molar refractivity (Wildman–Crippen MR) is 83.2 cm³/mol. The maximum Gasteiger partial charge on any atom is 0.465 e. The molecule has 0 aromatic carbocycles. The normalized spacial score (nSPS) is 38.0. The van der Waals surface area contributed by atoms with E-state index in [0.29, 0.717) is 24.2 Å². The predicted octanol–water partition coefficient (Wildman–Crippen LogP) is 2.52. The van der Waals surface area contributed by atoms with Gasteiger partial charge in [0.05, 0.1) is 11.2 Å². The molecule has 118 valence electrons. The minimum Gasteiger partial charge on any atom is -0.403 e. The zero-order valence-corrected chi connectivity index (χ0v) is 14.0. The van der Waals surface area contributed by atoms with E-state index in [1.807, 2.05) is 27.7 Å². The van der Waals surface area contributed by atoms with E-state index < -0.39 is 0 Å². The van der Waals surface area contributed by atoms with E-state index in [1.54, 1.807) is 0 Å². The van der Waals surface area contributed by atoms with Crippen LogP contribution in [-0.4, -0.2) is 48.1 Å². The SMILES string of the molecule is CN1C2CCC1CC(C(=O)CB1OC(C)(C)C(C)(C)O1)C2. The summed E-state index contributed by atoms with van der Waals surface area (Å²) < 4.78 is 11.9. The zero-order valence-electron chi connectivity index (χ0n) is 14.0. The highest BCUT2D eigenvalue weighted by Crippen LogP contribution is 2.41. The third kappa shape index (κ3) is 2.68. The largest absolute Gasteiger partial charge is 0.465 e. The molecule has 3 heterocycles. The summed E-state index contributed by atoms with van der Waals surface area (Å²) in [5.74, 6) is 0.538. The number of nitrogens with zero attached hydrogens (tertiary/aromatic N) is 1. The molecule has 2 atom stereocenters. The lowest BCUT2D eigenvalue weighted by molar-refractivity contribution is -0.123. The molecular weight excluding hydrogens is 265 g/mol. The molecule has 0 aliphatic carbocycles.